The van der Waals surface area contributed by atoms with Crippen molar-refractivity contribution in [1.29, 1.82) is 0 Å². The van der Waals surface area contributed by atoms with E-state index in [0.29, 0.717) is 22.7 Å². The van der Waals surface area contributed by atoms with Gasteiger partial charge in [-0.1, -0.05) is 0 Å². The number of ether oxygens (including phenoxy) is 3. The number of methoxy groups -OCH3 is 1. The average Bonchev–Trinajstić information content (AvgIpc) is 3.40. The molecule has 2 heterocycles. The fourth-order valence-corrected chi connectivity index (χ4v) is 4.25. The third kappa shape index (κ3) is 4.98. The molecule has 0 aliphatic heterocycles. The van der Waals surface area contributed by atoms with Gasteiger partial charge in [0.05, 0.1) is 19.0 Å². The van der Waals surface area contributed by atoms with Crippen LogP contribution in [0.3, 0.4) is 0 Å². The van der Waals surface area contributed by atoms with E-state index < -0.39 is 24.5 Å². The van der Waals surface area contributed by atoms with E-state index in [1.165, 1.54) is 19.4 Å². The Morgan fingerprint density at radius 2 is 1.97 bits per heavy atom. The largest absolute Gasteiger partial charge is 0.496 e. The quantitative estimate of drug-likeness (QED) is 0.444. The van der Waals surface area contributed by atoms with Crippen LogP contribution in [0, 0.1) is 0 Å². The van der Waals surface area contributed by atoms with Crippen LogP contribution in [0.4, 0.5) is 17.6 Å². The van der Waals surface area contributed by atoms with E-state index in [2.05, 4.69) is 15.0 Å². The summed E-state index contributed by atoms with van der Waals surface area (Å²) >= 11 is 0. The number of pyridine rings is 1. The van der Waals surface area contributed by atoms with Crippen LogP contribution in [-0.2, 0) is 0 Å². The van der Waals surface area contributed by atoms with Gasteiger partial charge in [0, 0.05) is 36.7 Å². The number of nitrogens with zero attached hydrogens (tertiary/aromatic N) is 2. The number of benzene rings is 1. The van der Waals surface area contributed by atoms with Crippen LogP contribution >= 0.6 is 0 Å². The van der Waals surface area contributed by atoms with E-state index in [0.717, 1.165) is 12.8 Å². The van der Waals surface area contributed by atoms with E-state index in [9.17, 15) is 22.4 Å². The van der Waals surface area contributed by atoms with Crippen molar-refractivity contribution in [1.82, 2.24) is 14.7 Å². The maximum atomic E-state index is 13.5. The van der Waals surface area contributed by atoms with Gasteiger partial charge >= 0.3 is 6.61 Å². The normalized spacial score (nSPS) is 19.2. The molecular weight excluding hydrogens is 470 g/mol. The maximum absolute atomic E-state index is 13.5. The molecule has 2 aliphatic rings. The molecule has 1 aromatic carbocycles. The summed E-state index contributed by atoms with van der Waals surface area (Å²) in [6, 6.07) is 6.14. The highest BCUT2D eigenvalue weighted by atomic mass is 19.3. The number of carbonyl (C=O) groups is 1. The van der Waals surface area contributed by atoms with Gasteiger partial charge in [0.25, 0.3) is 11.8 Å². The molecule has 0 saturated heterocycles. The first-order chi connectivity index (χ1) is 16.7. The SMILES string of the molecule is COc1cc(-c2cnc3cc(OC4CCC(F)(F)C4)ccn23)cc(OC(F)F)c1C(=O)NC1CC1. The minimum Gasteiger partial charge on any atom is -0.496 e. The number of rotatable bonds is 8. The summed E-state index contributed by atoms with van der Waals surface area (Å²) in [7, 11) is 1.34. The Kier molecular flexibility index (Phi) is 5.94. The average molecular weight is 493 g/mol. The molecule has 3 aromatic rings. The summed E-state index contributed by atoms with van der Waals surface area (Å²) in [5.74, 6) is -3.10. The molecule has 0 radical (unpaired) electrons. The zero-order chi connectivity index (χ0) is 24.7. The zero-order valence-corrected chi connectivity index (χ0v) is 18.8. The van der Waals surface area contributed by atoms with Crippen LogP contribution in [-0.4, -0.2) is 47.1 Å². The first-order valence-corrected chi connectivity index (χ1v) is 11.2. The molecule has 0 spiro atoms. The van der Waals surface area contributed by atoms with Crippen molar-refractivity contribution >= 4 is 11.6 Å². The van der Waals surface area contributed by atoms with E-state index in [4.69, 9.17) is 9.47 Å². The lowest BCUT2D eigenvalue weighted by Crippen LogP contribution is -2.26. The second kappa shape index (κ2) is 8.94. The number of halogens is 4. The Hall–Kier alpha value is -3.50. The van der Waals surface area contributed by atoms with Crippen molar-refractivity contribution in [2.24, 2.45) is 0 Å². The molecule has 2 aromatic heterocycles. The van der Waals surface area contributed by atoms with Crippen LogP contribution in [0.25, 0.3) is 16.9 Å². The number of nitrogens with one attached hydrogen (secondary N) is 1. The predicted molar refractivity (Wildman–Crippen MR) is 118 cm³/mol. The number of fused-ring (bicyclic) bond motifs is 1. The summed E-state index contributed by atoms with van der Waals surface area (Å²) in [5, 5.41) is 2.76. The van der Waals surface area contributed by atoms with Gasteiger partial charge in [0.15, 0.2) is 0 Å². The monoisotopic (exact) mass is 493 g/mol. The van der Waals surface area contributed by atoms with Gasteiger partial charge in [0.2, 0.25) is 0 Å². The van der Waals surface area contributed by atoms with Crippen molar-refractivity contribution in [3.05, 3.63) is 42.2 Å². The van der Waals surface area contributed by atoms with Crippen molar-refractivity contribution in [2.75, 3.05) is 7.11 Å². The number of imidazole rings is 1. The fraction of sp³-hybridized carbons (Fsp3) is 0.417. The van der Waals surface area contributed by atoms with Crippen LogP contribution in [0.1, 0.15) is 42.5 Å². The molecule has 0 bridgehead atoms. The van der Waals surface area contributed by atoms with Crippen molar-refractivity contribution in [3.63, 3.8) is 0 Å². The van der Waals surface area contributed by atoms with Crippen LogP contribution in [0.2, 0.25) is 0 Å². The smallest absolute Gasteiger partial charge is 0.387 e. The minimum absolute atomic E-state index is 0.0110. The highest BCUT2D eigenvalue weighted by Gasteiger charge is 2.40. The zero-order valence-electron chi connectivity index (χ0n) is 18.8. The van der Waals surface area contributed by atoms with Crippen molar-refractivity contribution in [3.8, 4) is 28.5 Å². The number of hydrogen-bond donors (Lipinski definition) is 1. The van der Waals surface area contributed by atoms with Gasteiger partial charge < -0.3 is 19.5 Å². The molecule has 1 unspecified atom stereocenters. The van der Waals surface area contributed by atoms with Gasteiger partial charge in [-0.05, 0) is 37.5 Å². The molecule has 11 heteroatoms. The molecule has 2 fully saturated rings. The van der Waals surface area contributed by atoms with Crippen LogP contribution < -0.4 is 19.5 Å². The summed E-state index contributed by atoms with van der Waals surface area (Å²) in [6.45, 7) is -3.15. The lowest BCUT2D eigenvalue weighted by molar-refractivity contribution is -0.0502. The van der Waals surface area contributed by atoms with Crippen molar-refractivity contribution < 1.29 is 36.6 Å². The highest BCUT2D eigenvalue weighted by molar-refractivity contribution is 6.01. The Morgan fingerprint density at radius 3 is 2.63 bits per heavy atom. The Morgan fingerprint density at radius 1 is 1.20 bits per heavy atom. The highest BCUT2D eigenvalue weighted by Crippen LogP contribution is 2.39. The Balaban J connectivity index is 1.48. The first kappa shape index (κ1) is 23.3. The number of amides is 1. The van der Waals surface area contributed by atoms with E-state index in [1.807, 2.05) is 0 Å². The number of alkyl halides is 4. The lowest BCUT2D eigenvalue weighted by atomic mass is 10.1. The molecule has 1 amide bonds. The van der Waals surface area contributed by atoms with Crippen LogP contribution in [0.15, 0.2) is 36.7 Å². The standard InChI is InChI=1S/C24H23F4N3O4/c1-33-18-8-13(9-19(35-23(25)26)21(18)22(32)30-14-2-3-14)17-12-29-20-10-15(5-7-31(17)20)34-16-4-6-24(27,28)11-16/h5,7-10,12,14,16,23H,2-4,6,11H2,1H3,(H,30,32). The topological polar surface area (TPSA) is 74.1 Å². The summed E-state index contributed by atoms with van der Waals surface area (Å²) in [4.78, 5) is 17.0. The summed E-state index contributed by atoms with van der Waals surface area (Å²) in [6.07, 6.45) is 3.99. The predicted octanol–water partition coefficient (Wildman–Crippen LogP) is 5.07. The molecule has 186 valence electrons. The maximum Gasteiger partial charge on any atom is 0.387 e. The second-order valence-corrected chi connectivity index (χ2v) is 8.75. The molecule has 1 N–H and O–H groups in total. The molecular formula is C24H23F4N3O4. The molecule has 7 nitrogen and oxygen atoms in total. The lowest BCUT2D eigenvalue weighted by Gasteiger charge is -2.16. The van der Waals surface area contributed by atoms with E-state index >= 15 is 0 Å². The number of aromatic nitrogens is 2. The molecule has 2 saturated carbocycles. The second-order valence-electron chi connectivity index (χ2n) is 8.75. The Labute approximate surface area is 198 Å². The number of carbonyl (C=O) groups excluding carboxylic acids is 1. The summed E-state index contributed by atoms with van der Waals surface area (Å²) in [5.41, 5.74) is 1.30. The van der Waals surface area contributed by atoms with Gasteiger partial charge in [-0.3, -0.25) is 9.20 Å². The van der Waals surface area contributed by atoms with Gasteiger partial charge in [-0.15, -0.1) is 0 Å². The van der Waals surface area contributed by atoms with E-state index in [1.54, 1.807) is 28.8 Å². The molecule has 5 rings (SSSR count). The molecule has 1 atom stereocenters. The number of hydrogen-bond acceptors (Lipinski definition) is 5. The van der Waals surface area contributed by atoms with Gasteiger partial charge in [-0.25, -0.2) is 13.8 Å². The van der Waals surface area contributed by atoms with Crippen LogP contribution in [0.5, 0.6) is 17.2 Å². The van der Waals surface area contributed by atoms with Gasteiger partial charge in [-0.2, -0.15) is 8.78 Å². The molecule has 35 heavy (non-hydrogen) atoms. The minimum atomic E-state index is -3.15. The third-order valence-electron chi connectivity index (χ3n) is 6.08. The molecule has 2 aliphatic carbocycles. The van der Waals surface area contributed by atoms with Gasteiger partial charge in [0.1, 0.15) is 34.6 Å². The fourth-order valence-electron chi connectivity index (χ4n) is 4.25. The Bertz CT molecular complexity index is 1260. The van der Waals surface area contributed by atoms with E-state index in [-0.39, 0.29) is 42.4 Å². The first-order valence-electron chi connectivity index (χ1n) is 11.2. The van der Waals surface area contributed by atoms with Crippen molar-refractivity contribution in [2.45, 2.75) is 56.8 Å². The third-order valence-corrected chi connectivity index (χ3v) is 6.08. The summed E-state index contributed by atoms with van der Waals surface area (Å²) < 4.78 is 70.7.